The molecule has 0 aliphatic rings. The van der Waals surface area contributed by atoms with Crippen LogP contribution < -0.4 is 10.6 Å². The second-order valence-corrected chi connectivity index (χ2v) is 5.15. The number of carbonyl (C=O) groups excluding carboxylic acids is 1. The lowest BCUT2D eigenvalue weighted by molar-refractivity contribution is -0.144. The van der Waals surface area contributed by atoms with E-state index in [4.69, 9.17) is 4.42 Å². The van der Waals surface area contributed by atoms with Crippen molar-refractivity contribution in [2.75, 3.05) is 0 Å². The van der Waals surface area contributed by atoms with Crippen LogP contribution in [0.5, 0.6) is 0 Å². The molecule has 106 valence electrons. The lowest BCUT2D eigenvalue weighted by Crippen LogP contribution is -2.52. The summed E-state index contributed by atoms with van der Waals surface area (Å²) in [7, 11) is 0. The molecule has 8 heteroatoms. The van der Waals surface area contributed by atoms with Gasteiger partial charge in [0.15, 0.2) is 5.54 Å². The van der Waals surface area contributed by atoms with Gasteiger partial charge in [0.05, 0.1) is 18.3 Å². The van der Waals surface area contributed by atoms with Gasteiger partial charge in [0, 0.05) is 11.1 Å². The number of furan rings is 1. The van der Waals surface area contributed by atoms with Crippen molar-refractivity contribution in [1.82, 2.24) is 15.6 Å². The largest absolute Gasteiger partial charge is 0.479 e. The highest BCUT2D eigenvalue weighted by Crippen LogP contribution is 2.21. The number of carboxylic acid groups (broad SMARTS) is 1. The molecule has 2 rings (SSSR count). The minimum Gasteiger partial charge on any atom is -0.479 e. The van der Waals surface area contributed by atoms with Crippen LogP contribution in [0.1, 0.15) is 17.6 Å². The molecule has 7 nitrogen and oxygen atoms in total. The maximum Gasteiger partial charge on any atom is 0.337 e. The van der Waals surface area contributed by atoms with E-state index in [0.29, 0.717) is 0 Å². The van der Waals surface area contributed by atoms with E-state index in [9.17, 15) is 14.7 Å². The highest BCUT2D eigenvalue weighted by Gasteiger charge is 2.39. The summed E-state index contributed by atoms with van der Waals surface area (Å²) in [4.78, 5) is 27.9. The lowest BCUT2D eigenvalue weighted by atomic mass is 9.99. The van der Waals surface area contributed by atoms with Crippen LogP contribution in [0, 0.1) is 0 Å². The van der Waals surface area contributed by atoms with Gasteiger partial charge in [-0.05, 0) is 19.1 Å². The van der Waals surface area contributed by atoms with Crippen molar-refractivity contribution in [2.24, 2.45) is 0 Å². The smallest absolute Gasteiger partial charge is 0.337 e. The second-order valence-electron chi connectivity index (χ2n) is 4.18. The summed E-state index contributed by atoms with van der Waals surface area (Å²) < 4.78 is 5.08. The van der Waals surface area contributed by atoms with Crippen LogP contribution >= 0.6 is 11.3 Å². The van der Waals surface area contributed by atoms with Crippen molar-refractivity contribution >= 4 is 23.3 Å². The Morgan fingerprint density at radius 2 is 2.35 bits per heavy atom. The van der Waals surface area contributed by atoms with Gasteiger partial charge in [0.1, 0.15) is 5.76 Å². The number of nitrogens with zero attached hydrogens (tertiary/aromatic N) is 1. The maximum atomic E-state index is 11.8. The van der Waals surface area contributed by atoms with E-state index >= 15 is 0 Å². The van der Waals surface area contributed by atoms with Gasteiger partial charge in [-0.15, -0.1) is 11.3 Å². The first-order valence-electron chi connectivity index (χ1n) is 5.73. The van der Waals surface area contributed by atoms with Crippen molar-refractivity contribution in [3.63, 3.8) is 0 Å². The first kappa shape index (κ1) is 14.1. The third kappa shape index (κ3) is 2.97. The number of nitrogens with one attached hydrogen (secondary N) is 2. The van der Waals surface area contributed by atoms with Crippen molar-refractivity contribution < 1.29 is 19.1 Å². The van der Waals surface area contributed by atoms with E-state index in [2.05, 4.69) is 15.6 Å². The number of aliphatic carboxylic acids is 1. The molecule has 0 spiro atoms. The van der Waals surface area contributed by atoms with Gasteiger partial charge in [-0.25, -0.2) is 9.59 Å². The average molecular weight is 295 g/mol. The number of hydrogen-bond donors (Lipinski definition) is 3. The molecule has 0 aliphatic heterocycles. The molecular formula is C12H13N3O4S. The topological polar surface area (TPSA) is 104 Å². The Bertz CT molecular complexity index is 582. The van der Waals surface area contributed by atoms with Gasteiger partial charge in [-0.2, -0.15) is 0 Å². The summed E-state index contributed by atoms with van der Waals surface area (Å²) in [6.07, 6.45) is 2.99. The Kier molecular flexibility index (Phi) is 4.04. The number of urea groups is 1. The standard InChI is InChI=1S/C12H13N3O4S/c1-12(10(16)17,9-3-2-4-19-9)15-11(18)14-6-8-5-13-7-20-8/h2-5,7H,6H2,1H3,(H,16,17)(H2,14,15,18). The van der Waals surface area contributed by atoms with Gasteiger partial charge < -0.3 is 20.2 Å². The van der Waals surface area contributed by atoms with Crippen molar-refractivity contribution in [1.29, 1.82) is 0 Å². The predicted molar refractivity (Wildman–Crippen MR) is 71.2 cm³/mol. The summed E-state index contributed by atoms with van der Waals surface area (Å²) in [6.45, 7) is 1.64. The maximum absolute atomic E-state index is 11.8. The molecule has 0 saturated heterocycles. The second kappa shape index (κ2) is 5.74. The zero-order valence-corrected chi connectivity index (χ0v) is 11.4. The third-order valence-electron chi connectivity index (χ3n) is 2.71. The number of rotatable bonds is 5. The fraction of sp³-hybridized carbons (Fsp3) is 0.250. The highest BCUT2D eigenvalue weighted by atomic mass is 32.1. The monoisotopic (exact) mass is 295 g/mol. The Labute approximate surface area is 118 Å². The third-order valence-corrected chi connectivity index (χ3v) is 3.49. The molecular weight excluding hydrogens is 282 g/mol. The lowest BCUT2D eigenvalue weighted by Gasteiger charge is -2.23. The Morgan fingerprint density at radius 3 is 2.90 bits per heavy atom. The minimum absolute atomic E-state index is 0.151. The molecule has 2 aromatic rings. The molecule has 0 aliphatic carbocycles. The van der Waals surface area contributed by atoms with Crippen LogP contribution in [0.25, 0.3) is 0 Å². The molecule has 0 saturated carbocycles. The van der Waals surface area contributed by atoms with Crippen LogP contribution in [0.4, 0.5) is 4.79 Å². The molecule has 1 atom stereocenters. The van der Waals surface area contributed by atoms with Crippen LogP contribution in [0.2, 0.25) is 0 Å². The van der Waals surface area contributed by atoms with E-state index < -0.39 is 17.5 Å². The summed E-state index contributed by atoms with van der Waals surface area (Å²) in [5, 5.41) is 14.3. The molecule has 2 amide bonds. The van der Waals surface area contributed by atoms with E-state index in [-0.39, 0.29) is 12.3 Å². The number of aromatic nitrogens is 1. The Hall–Kier alpha value is -2.35. The fourth-order valence-corrected chi connectivity index (χ4v) is 2.09. The van der Waals surface area contributed by atoms with Gasteiger partial charge in [-0.1, -0.05) is 0 Å². The normalized spacial score (nSPS) is 13.4. The zero-order valence-electron chi connectivity index (χ0n) is 10.6. The number of carboxylic acids is 1. The Morgan fingerprint density at radius 1 is 1.55 bits per heavy atom. The fourth-order valence-electron chi connectivity index (χ4n) is 1.55. The summed E-state index contributed by atoms with van der Waals surface area (Å²) in [5.41, 5.74) is 0.0282. The highest BCUT2D eigenvalue weighted by molar-refractivity contribution is 7.09. The predicted octanol–water partition coefficient (Wildman–Crippen LogP) is 1.54. The molecule has 2 heterocycles. The minimum atomic E-state index is -1.62. The van der Waals surface area contributed by atoms with Crippen molar-refractivity contribution in [3.05, 3.63) is 40.7 Å². The van der Waals surface area contributed by atoms with Crippen molar-refractivity contribution in [3.8, 4) is 0 Å². The molecule has 0 fully saturated rings. The number of thiazole rings is 1. The molecule has 20 heavy (non-hydrogen) atoms. The van der Waals surface area contributed by atoms with E-state index in [1.807, 2.05) is 0 Å². The number of amides is 2. The average Bonchev–Trinajstić information content (AvgIpc) is 3.09. The molecule has 0 bridgehead atoms. The summed E-state index contributed by atoms with van der Waals surface area (Å²) in [6, 6.07) is 2.46. The molecule has 1 unspecified atom stereocenters. The summed E-state index contributed by atoms with van der Waals surface area (Å²) in [5.74, 6) is -1.06. The van der Waals surface area contributed by atoms with Gasteiger partial charge in [0.25, 0.3) is 0 Å². The first-order valence-corrected chi connectivity index (χ1v) is 6.61. The zero-order chi connectivity index (χ0) is 14.6. The molecule has 0 radical (unpaired) electrons. The SMILES string of the molecule is CC(NC(=O)NCc1cncs1)(C(=O)O)c1ccco1. The van der Waals surface area contributed by atoms with E-state index in [1.165, 1.54) is 30.6 Å². The Balaban J connectivity index is 2.01. The molecule has 3 N–H and O–H groups in total. The molecule has 2 aromatic heterocycles. The van der Waals surface area contributed by atoms with Crippen LogP contribution in [0.15, 0.2) is 34.5 Å². The number of hydrogen-bond acceptors (Lipinski definition) is 5. The van der Waals surface area contributed by atoms with Crippen LogP contribution in [0.3, 0.4) is 0 Å². The van der Waals surface area contributed by atoms with E-state index in [0.717, 1.165) is 4.88 Å². The quantitative estimate of drug-likeness (QED) is 0.776. The van der Waals surface area contributed by atoms with Gasteiger partial charge >= 0.3 is 12.0 Å². The number of carbonyl (C=O) groups is 2. The van der Waals surface area contributed by atoms with E-state index in [1.54, 1.807) is 17.8 Å². The first-order chi connectivity index (χ1) is 9.52. The van der Waals surface area contributed by atoms with Crippen LogP contribution in [-0.2, 0) is 16.9 Å². The van der Waals surface area contributed by atoms with Crippen LogP contribution in [-0.4, -0.2) is 22.1 Å². The van der Waals surface area contributed by atoms with Crippen molar-refractivity contribution in [2.45, 2.75) is 19.0 Å². The van der Waals surface area contributed by atoms with Gasteiger partial charge in [0.2, 0.25) is 0 Å². The van der Waals surface area contributed by atoms with Gasteiger partial charge in [-0.3, -0.25) is 4.98 Å². The summed E-state index contributed by atoms with van der Waals surface area (Å²) >= 11 is 1.40. The molecule has 0 aromatic carbocycles.